The molecule has 2 aromatic carbocycles. The van der Waals surface area contributed by atoms with Crippen LogP contribution in [0.4, 0.5) is 5.69 Å². The lowest BCUT2D eigenvalue weighted by molar-refractivity contribution is 0.0600. The average molecular weight is 304 g/mol. The van der Waals surface area contributed by atoms with Crippen molar-refractivity contribution in [2.75, 3.05) is 12.4 Å². The van der Waals surface area contributed by atoms with Gasteiger partial charge in [0.05, 0.1) is 12.7 Å². The number of benzene rings is 2. The Hall–Kier alpha value is -2.33. The van der Waals surface area contributed by atoms with E-state index in [1.807, 2.05) is 6.92 Å². The summed E-state index contributed by atoms with van der Waals surface area (Å²) < 4.78 is 4.64. The molecule has 2 rings (SSSR count). The van der Waals surface area contributed by atoms with E-state index in [1.54, 1.807) is 36.4 Å². The molecule has 0 heterocycles. The first-order chi connectivity index (χ1) is 10.0. The van der Waals surface area contributed by atoms with Crippen LogP contribution in [0.15, 0.2) is 42.5 Å². The molecule has 0 aromatic heterocycles. The van der Waals surface area contributed by atoms with Crippen LogP contribution in [0.25, 0.3) is 0 Å². The number of nitrogens with one attached hydrogen (secondary N) is 1. The second-order valence-electron chi connectivity index (χ2n) is 4.49. The van der Waals surface area contributed by atoms with Gasteiger partial charge in [0.1, 0.15) is 0 Å². The van der Waals surface area contributed by atoms with Gasteiger partial charge < -0.3 is 10.1 Å². The third kappa shape index (κ3) is 3.61. The van der Waals surface area contributed by atoms with Crippen molar-refractivity contribution in [1.82, 2.24) is 0 Å². The number of esters is 1. The van der Waals surface area contributed by atoms with Gasteiger partial charge in [-0.2, -0.15) is 0 Å². The van der Waals surface area contributed by atoms with E-state index in [0.717, 1.165) is 5.56 Å². The summed E-state index contributed by atoms with van der Waals surface area (Å²) >= 11 is 5.88. The second-order valence-corrected chi connectivity index (χ2v) is 4.92. The molecule has 0 unspecified atom stereocenters. The largest absolute Gasteiger partial charge is 0.465 e. The molecule has 0 bridgehead atoms. The summed E-state index contributed by atoms with van der Waals surface area (Å²) in [6.07, 6.45) is 0. The van der Waals surface area contributed by atoms with Gasteiger partial charge in [0.25, 0.3) is 5.91 Å². The highest BCUT2D eigenvalue weighted by Crippen LogP contribution is 2.20. The maximum absolute atomic E-state index is 12.2. The lowest BCUT2D eigenvalue weighted by atomic mass is 10.1. The summed E-state index contributed by atoms with van der Waals surface area (Å²) in [4.78, 5) is 23.7. The Morgan fingerprint density at radius 3 is 2.48 bits per heavy atom. The molecule has 1 amide bonds. The lowest BCUT2D eigenvalue weighted by Gasteiger charge is -2.09. The minimum Gasteiger partial charge on any atom is -0.465 e. The van der Waals surface area contributed by atoms with Crippen LogP contribution >= 0.6 is 11.6 Å². The number of carbonyl (C=O) groups excluding carboxylic acids is 2. The Balaban J connectivity index is 2.22. The van der Waals surface area contributed by atoms with E-state index in [2.05, 4.69) is 10.1 Å². The van der Waals surface area contributed by atoms with Crippen LogP contribution in [-0.2, 0) is 4.74 Å². The van der Waals surface area contributed by atoms with E-state index in [1.165, 1.54) is 13.2 Å². The maximum atomic E-state index is 12.2. The van der Waals surface area contributed by atoms with Crippen molar-refractivity contribution in [1.29, 1.82) is 0 Å². The van der Waals surface area contributed by atoms with E-state index in [0.29, 0.717) is 21.8 Å². The van der Waals surface area contributed by atoms with Crippen LogP contribution in [0.2, 0.25) is 5.02 Å². The molecule has 0 saturated heterocycles. The molecule has 2 aromatic rings. The van der Waals surface area contributed by atoms with Gasteiger partial charge in [0, 0.05) is 16.3 Å². The van der Waals surface area contributed by atoms with Crippen LogP contribution in [0.1, 0.15) is 26.3 Å². The highest BCUT2D eigenvalue weighted by molar-refractivity contribution is 6.30. The molecule has 4 nitrogen and oxygen atoms in total. The Labute approximate surface area is 127 Å². The molecule has 0 fully saturated rings. The standard InChI is InChI=1S/C16H14ClNO3/c1-10-8-13(17)6-7-14(10)18-15(19)11-4-3-5-12(9-11)16(20)21-2/h3-9H,1-2H3,(H,18,19). The van der Waals surface area contributed by atoms with Gasteiger partial charge in [0.2, 0.25) is 0 Å². The number of rotatable bonds is 3. The molecule has 0 radical (unpaired) electrons. The molecule has 5 heteroatoms. The fourth-order valence-corrected chi connectivity index (χ4v) is 2.09. The zero-order valence-corrected chi connectivity index (χ0v) is 12.4. The van der Waals surface area contributed by atoms with Crippen molar-refractivity contribution in [3.8, 4) is 0 Å². The number of carbonyl (C=O) groups is 2. The van der Waals surface area contributed by atoms with Gasteiger partial charge >= 0.3 is 5.97 Å². The van der Waals surface area contributed by atoms with Gasteiger partial charge in [0.15, 0.2) is 0 Å². The van der Waals surface area contributed by atoms with Gasteiger partial charge in [-0.25, -0.2) is 4.79 Å². The zero-order valence-electron chi connectivity index (χ0n) is 11.6. The number of hydrogen-bond donors (Lipinski definition) is 1. The third-order valence-corrected chi connectivity index (χ3v) is 3.22. The quantitative estimate of drug-likeness (QED) is 0.880. The van der Waals surface area contributed by atoms with Crippen LogP contribution in [-0.4, -0.2) is 19.0 Å². The van der Waals surface area contributed by atoms with Crippen molar-refractivity contribution < 1.29 is 14.3 Å². The number of anilines is 1. The predicted octanol–water partition coefficient (Wildman–Crippen LogP) is 3.69. The minimum atomic E-state index is -0.479. The Morgan fingerprint density at radius 1 is 1.10 bits per heavy atom. The Kier molecular flexibility index (Phi) is 4.60. The molecular weight excluding hydrogens is 290 g/mol. The predicted molar refractivity (Wildman–Crippen MR) is 81.9 cm³/mol. The second kappa shape index (κ2) is 6.41. The summed E-state index contributed by atoms with van der Waals surface area (Å²) in [5, 5.41) is 3.40. The number of halogens is 1. The fourth-order valence-electron chi connectivity index (χ4n) is 1.87. The summed E-state index contributed by atoms with van der Waals surface area (Å²) in [6.45, 7) is 1.85. The number of methoxy groups -OCH3 is 1. The first-order valence-electron chi connectivity index (χ1n) is 6.27. The number of hydrogen-bond acceptors (Lipinski definition) is 3. The zero-order chi connectivity index (χ0) is 15.4. The Morgan fingerprint density at radius 2 is 1.81 bits per heavy atom. The number of amides is 1. The van der Waals surface area contributed by atoms with E-state index in [9.17, 15) is 9.59 Å². The topological polar surface area (TPSA) is 55.4 Å². The monoisotopic (exact) mass is 303 g/mol. The van der Waals surface area contributed by atoms with Gasteiger partial charge in [-0.1, -0.05) is 17.7 Å². The fraction of sp³-hybridized carbons (Fsp3) is 0.125. The smallest absolute Gasteiger partial charge is 0.337 e. The van der Waals surface area contributed by atoms with Crippen molar-refractivity contribution in [3.63, 3.8) is 0 Å². The van der Waals surface area contributed by atoms with Crippen molar-refractivity contribution in [2.24, 2.45) is 0 Å². The molecule has 108 valence electrons. The number of aryl methyl sites for hydroxylation is 1. The third-order valence-electron chi connectivity index (χ3n) is 2.98. The van der Waals surface area contributed by atoms with E-state index < -0.39 is 5.97 Å². The summed E-state index contributed by atoms with van der Waals surface area (Å²) in [5.74, 6) is -0.779. The normalized spacial score (nSPS) is 10.0. The summed E-state index contributed by atoms with van der Waals surface area (Å²) in [7, 11) is 1.30. The molecule has 1 N–H and O–H groups in total. The first kappa shape index (κ1) is 15.1. The molecule has 0 aliphatic carbocycles. The molecule has 0 aliphatic heterocycles. The van der Waals surface area contributed by atoms with Crippen LogP contribution in [0, 0.1) is 6.92 Å². The summed E-state index contributed by atoms with van der Waals surface area (Å²) in [6, 6.07) is 11.6. The first-order valence-corrected chi connectivity index (χ1v) is 6.65. The van der Waals surface area contributed by atoms with E-state index in [4.69, 9.17) is 11.6 Å². The van der Waals surface area contributed by atoms with Gasteiger partial charge in [-0.05, 0) is 48.9 Å². The molecular formula is C16H14ClNO3. The highest BCUT2D eigenvalue weighted by atomic mass is 35.5. The number of ether oxygens (including phenoxy) is 1. The summed E-state index contributed by atoms with van der Waals surface area (Å²) in [5.41, 5.74) is 2.25. The minimum absolute atomic E-state index is 0.300. The van der Waals surface area contributed by atoms with Gasteiger partial charge in [-0.3, -0.25) is 4.79 Å². The van der Waals surface area contributed by atoms with E-state index >= 15 is 0 Å². The molecule has 0 atom stereocenters. The van der Waals surface area contributed by atoms with Crippen molar-refractivity contribution >= 4 is 29.2 Å². The lowest BCUT2D eigenvalue weighted by Crippen LogP contribution is -2.13. The highest BCUT2D eigenvalue weighted by Gasteiger charge is 2.11. The molecule has 21 heavy (non-hydrogen) atoms. The van der Waals surface area contributed by atoms with Crippen molar-refractivity contribution in [2.45, 2.75) is 6.92 Å². The van der Waals surface area contributed by atoms with Crippen LogP contribution in [0.3, 0.4) is 0 Å². The van der Waals surface area contributed by atoms with Crippen LogP contribution < -0.4 is 5.32 Å². The molecule has 0 saturated carbocycles. The van der Waals surface area contributed by atoms with Crippen LogP contribution in [0.5, 0.6) is 0 Å². The molecule has 0 aliphatic rings. The Bertz CT molecular complexity index is 698. The van der Waals surface area contributed by atoms with Gasteiger partial charge in [-0.15, -0.1) is 0 Å². The average Bonchev–Trinajstić information content (AvgIpc) is 2.49. The molecule has 0 spiro atoms. The van der Waals surface area contributed by atoms with Crippen molar-refractivity contribution in [3.05, 3.63) is 64.2 Å². The SMILES string of the molecule is COC(=O)c1cccc(C(=O)Nc2ccc(Cl)cc2C)c1. The maximum Gasteiger partial charge on any atom is 0.337 e. The van der Waals surface area contributed by atoms with E-state index in [-0.39, 0.29) is 5.91 Å².